The van der Waals surface area contributed by atoms with Crippen LogP contribution < -0.4 is 15.5 Å². The van der Waals surface area contributed by atoms with Gasteiger partial charge in [0.25, 0.3) is 0 Å². The lowest BCUT2D eigenvalue weighted by Gasteiger charge is -2.29. The van der Waals surface area contributed by atoms with Gasteiger partial charge in [0.2, 0.25) is 5.91 Å². The van der Waals surface area contributed by atoms with E-state index >= 15 is 0 Å². The maximum absolute atomic E-state index is 12.4. The molecule has 1 aromatic rings. The largest absolute Gasteiger partial charge is 0.354 e. The summed E-state index contributed by atoms with van der Waals surface area (Å²) < 4.78 is 0. The zero-order chi connectivity index (χ0) is 15.4. The van der Waals surface area contributed by atoms with Crippen molar-refractivity contribution in [3.8, 4) is 0 Å². The first-order valence-corrected chi connectivity index (χ1v) is 8.29. The molecule has 0 spiro atoms. The molecular weight excluding hydrogens is 314 g/mol. The normalized spacial score (nSPS) is 27.3. The molecular formula is C16H26ClN5O. The Balaban J connectivity index is 0.00000192. The molecule has 1 amide bonds. The van der Waals surface area contributed by atoms with Crippen LogP contribution >= 0.6 is 12.4 Å². The van der Waals surface area contributed by atoms with Crippen LogP contribution in [-0.4, -0.2) is 47.8 Å². The maximum Gasteiger partial charge on any atom is 0.223 e. The molecule has 3 atom stereocenters. The molecule has 0 bridgehead atoms. The number of nitrogens with one attached hydrogen (secondary N) is 2. The topological polar surface area (TPSA) is 70.2 Å². The summed E-state index contributed by atoms with van der Waals surface area (Å²) in [6.07, 6.45) is 5.80. The van der Waals surface area contributed by atoms with Gasteiger partial charge in [0, 0.05) is 37.3 Å². The number of nitrogens with zero attached hydrogens (tertiary/aromatic N) is 3. The summed E-state index contributed by atoms with van der Waals surface area (Å²) in [6, 6.07) is 4.67. The SMILES string of the molecule is C[C@H]1C[C@@H](C(=O)NCC2CCCN2c2cccnn2)CCN1.Cl. The molecule has 1 unspecified atom stereocenters. The van der Waals surface area contributed by atoms with Crippen LogP contribution in [0.5, 0.6) is 0 Å². The highest BCUT2D eigenvalue weighted by atomic mass is 35.5. The first-order valence-electron chi connectivity index (χ1n) is 8.29. The van der Waals surface area contributed by atoms with E-state index in [4.69, 9.17) is 0 Å². The molecule has 1 aromatic heterocycles. The monoisotopic (exact) mass is 339 g/mol. The predicted octanol–water partition coefficient (Wildman–Crippen LogP) is 1.37. The highest BCUT2D eigenvalue weighted by Crippen LogP contribution is 2.23. The third-order valence-corrected chi connectivity index (χ3v) is 4.74. The van der Waals surface area contributed by atoms with E-state index in [1.54, 1.807) is 6.20 Å². The maximum atomic E-state index is 12.4. The second-order valence-corrected chi connectivity index (χ2v) is 6.39. The molecule has 2 N–H and O–H groups in total. The lowest BCUT2D eigenvalue weighted by atomic mass is 9.92. The van der Waals surface area contributed by atoms with Gasteiger partial charge in [-0.1, -0.05) is 0 Å². The Morgan fingerprint density at radius 1 is 1.48 bits per heavy atom. The minimum atomic E-state index is 0. The number of piperidine rings is 1. The quantitative estimate of drug-likeness (QED) is 0.867. The molecule has 0 saturated carbocycles. The highest BCUT2D eigenvalue weighted by Gasteiger charge is 2.28. The summed E-state index contributed by atoms with van der Waals surface area (Å²) in [5, 5.41) is 14.7. The third-order valence-electron chi connectivity index (χ3n) is 4.74. The van der Waals surface area contributed by atoms with Crippen LogP contribution in [0.4, 0.5) is 5.82 Å². The summed E-state index contributed by atoms with van der Waals surface area (Å²) >= 11 is 0. The van der Waals surface area contributed by atoms with Crippen LogP contribution in [-0.2, 0) is 4.79 Å². The van der Waals surface area contributed by atoms with Crippen molar-refractivity contribution in [2.24, 2.45) is 5.92 Å². The van der Waals surface area contributed by atoms with E-state index in [9.17, 15) is 4.79 Å². The molecule has 3 heterocycles. The number of rotatable bonds is 4. The summed E-state index contributed by atoms with van der Waals surface area (Å²) in [4.78, 5) is 14.6. The fraction of sp³-hybridized carbons (Fsp3) is 0.688. The standard InChI is InChI=1S/C16H25N5O.ClH/c1-12-10-13(6-8-17-12)16(22)18-11-14-4-3-9-21(14)15-5-2-7-19-20-15;/h2,5,7,12-14,17H,3-4,6,8-11H2,1H3,(H,18,22);1H/t12-,13-,14?;/m0./s1. The summed E-state index contributed by atoms with van der Waals surface area (Å²) in [5.41, 5.74) is 0. The number of amides is 1. The smallest absolute Gasteiger partial charge is 0.223 e. The van der Waals surface area contributed by atoms with E-state index in [1.165, 1.54) is 0 Å². The van der Waals surface area contributed by atoms with Crippen molar-refractivity contribution in [1.82, 2.24) is 20.8 Å². The molecule has 6 nitrogen and oxygen atoms in total. The van der Waals surface area contributed by atoms with Gasteiger partial charge in [-0.25, -0.2) is 0 Å². The second-order valence-electron chi connectivity index (χ2n) is 6.39. The number of hydrogen-bond donors (Lipinski definition) is 2. The Hall–Kier alpha value is -1.40. The molecule has 2 saturated heterocycles. The minimum absolute atomic E-state index is 0. The Morgan fingerprint density at radius 2 is 2.35 bits per heavy atom. The van der Waals surface area contributed by atoms with Gasteiger partial charge in [0.05, 0.1) is 0 Å². The molecule has 0 radical (unpaired) electrons. The second kappa shape index (κ2) is 8.45. The zero-order valence-corrected chi connectivity index (χ0v) is 14.4. The van der Waals surface area contributed by atoms with Crippen LogP contribution in [0.3, 0.4) is 0 Å². The van der Waals surface area contributed by atoms with Crippen molar-refractivity contribution >= 4 is 24.1 Å². The van der Waals surface area contributed by atoms with Gasteiger partial charge in [0.1, 0.15) is 0 Å². The number of carbonyl (C=O) groups excluding carboxylic acids is 1. The van der Waals surface area contributed by atoms with E-state index in [0.717, 1.165) is 44.6 Å². The Bertz CT molecular complexity index is 501. The molecule has 3 rings (SSSR count). The minimum Gasteiger partial charge on any atom is -0.354 e. The Labute approximate surface area is 143 Å². The number of hydrogen-bond acceptors (Lipinski definition) is 5. The van der Waals surface area contributed by atoms with Crippen molar-refractivity contribution in [1.29, 1.82) is 0 Å². The van der Waals surface area contributed by atoms with Gasteiger partial charge in [-0.15, -0.1) is 17.5 Å². The lowest BCUT2D eigenvalue weighted by Crippen LogP contribution is -2.46. The van der Waals surface area contributed by atoms with Gasteiger partial charge < -0.3 is 15.5 Å². The average Bonchev–Trinajstić information content (AvgIpc) is 3.02. The number of halogens is 1. The molecule has 2 aliphatic heterocycles. The van der Waals surface area contributed by atoms with E-state index in [-0.39, 0.29) is 24.2 Å². The summed E-state index contributed by atoms with van der Waals surface area (Å²) in [5.74, 6) is 1.27. The fourth-order valence-electron chi connectivity index (χ4n) is 3.53. The van der Waals surface area contributed by atoms with Crippen molar-refractivity contribution in [2.45, 2.75) is 44.7 Å². The van der Waals surface area contributed by atoms with E-state index in [1.807, 2.05) is 12.1 Å². The van der Waals surface area contributed by atoms with E-state index in [2.05, 4.69) is 32.7 Å². The van der Waals surface area contributed by atoms with Crippen LogP contribution in [0.15, 0.2) is 18.3 Å². The van der Waals surface area contributed by atoms with Gasteiger partial charge >= 0.3 is 0 Å². The number of anilines is 1. The fourth-order valence-corrected chi connectivity index (χ4v) is 3.53. The van der Waals surface area contributed by atoms with Gasteiger partial charge in [-0.2, -0.15) is 5.10 Å². The van der Waals surface area contributed by atoms with Crippen LogP contribution in [0.25, 0.3) is 0 Å². The third kappa shape index (κ3) is 4.54. The molecule has 2 aliphatic rings. The van der Waals surface area contributed by atoms with Crippen molar-refractivity contribution in [2.75, 3.05) is 24.5 Å². The van der Waals surface area contributed by atoms with Crippen LogP contribution in [0, 0.1) is 5.92 Å². The molecule has 128 valence electrons. The van der Waals surface area contributed by atoms with Crippen molar-refractivity contribution in [3.05, 3.63) is 18.3 Å². The van der Waals surface area contributed by atoms with Gasteiger partial charge in [-0.3, -0.25) is 4.79 Å². The van der Waals surface area contributed by atoms with Crippen LogP contribution in [0.1, 0.15) is 32.6 Å². The average molecular weight is 340 g/mol. The summed E-state index contributed by atoms with van der Waals surface area (Å²) in [6.45, 7) is 4.78. The van der Waals surface area contributed by atoms with Crippen molar-refractivity contribution in [3.63, 3.8) is 0 Å². The molecule has 7 heteroatoms. The highest BCUT2D eigenvalue weighted by molar-refractivity contribution is 5.85. The molecule has 0 aromatic carbocycles. The van der Waals surface area contributed by atoms with E-state index in [0.29, 0.717) is 18.6 Å². The summed E-state index contributed by atoms with van der Waals surface area (Å²) in [7, 11) is 0. The number of aromatic nitrogens is 2. The van der Waals surface area contributed by atoms with Crippen LogP contribution in [0.2, 0.25) is 0 Å². The molecule has 2 fully saturated rings. The number of carbonyl (C=O) groups is 1. The van der Waals surface area contributed by atoms with Gasteiger partial charge in [-0.05, 0) is 51.3 Å². The lowest BCUT2D eigenvalue weighted by molar-refractivity contribution is -0.126. The van der Waals surface area contributed by atoms with E-state index < -0.39 is 0 Å². The van der Waals surface area contributed by atoms with Crippen molar-refractivity contribution < 1.29 is 4.79 Å². The first kappa shape index (κ1) is 17.9. The molecule has 23 heavy (non-hydrogen) atoms. The molecule has 0 aliphatic carbocycles. The Kier molecular flexibility index (Phi) is 6.59. The van der Waals surface area contributed by atoms with Gasteiger partial charge in [0.15, 0.2) is 5.82 Å². The first-order chi connectivity index (χ1) is 10.7. The zero-order valence-electron chi connectivity index (χ0n) is 13.6. The predicted molar refractivity (Wildman–Crippen MR) is 92.8 cm³/mol. The Morgan fingerprint density at radius 3 is 3.09 bits per heavy atom.